The lowest BCUT2D eigenvalue weighted by molar-refractivity contribution is -0.160. The first kappa shape index (κ1) is 41.2. The summed E-state index contributed by atoms with van der Waals surface area (Å²) in [6.45, 7) is 20.6. The highest BCUT2D eigenvalue weighted by molar-refractivity contribution is 5.94. The molecule has 14 nitrogen and oxygen atoms in total. The van der Waals surface area contributed by atoms with Gasteiger partial charge in [-0.1, -0.05) is 0 Å². The first-order valence-electron chi connectivity index (χ1n) is 14.5. The van der Waals surface area contributed by atoms with Crippen molar-refractivity contribution in [1.29, 1.82) is 0 Å². The Morgan fingerprint density at radius 2 is 1.24 bits per heavy atom. The zero-order valence-corrected chi connectivity index (χ0v) is 29.2. The van der Waals surface area contributed by atoms with Crippen LogP contribution in [0.2, 0.25) is 0 Å². The number of ether oxygens (including phenoxy) is 6. The average molecular weight is 645 g/mol. The molecular weight excluding hydrogens is 592 g/mol. The lowest BCUT2D eigenvalue weighted by Crippen LogP contribution is -2.46. The van der Waals surface area contributed by atoms with E-state index in [9.17, 15) is 28.8 Å². The first-order chi connectivity index (χ1) is 20.2. The fraction of sp³-hybridized carbons (Fsp3) is 0.742. The van der Waals surface area contributed by atoms with Gasteiger partial charge < -0.3 is 33.7 Å². The number of nitrogens with one attached hydrogen (secondary N) is 1. The zero-order chi connectivity index (χ0) is 35.6. The fourth-order valence-electron chi connectivity index (χ4n) is 3.38. The van der Waals surface area contributed by atoms with Crippen LogP contribution in [0.25, 0.3) is 0 Å². The summed E-state index contributed by atoms with van der Waals surface area (Å²) in [4.78, 5) is 72.6. The van der Waals surface area contributed by atoms with Crippen molar-refractivity contribution in [1.82, 2.24) is 10.2 Å². The molecule has 1 N–H and O–H groups in total. The Kier molecular flexibility index (Phi) is 15.1. The lowest BCUT2D eigenvalue weighted by atomic mass is 10.1. The summed E-state index contributed by atoms with van der Waals surface area (Å²) in [6, 6.07) is -1.92. The minimum absolute atomic E-state index is 0.0177. The number of rotatable bonds is 7. The van der Waals surface area contributed by atoms with Gasteiger partial charge in [-0.3, -0.25) is 9.69 Å². The molecule has 0 saturated heterocycles. The van der Waals surface area contributed by atoms with Gasteiger partial charge in [0.25, 0.3) is 0 Å². The van der Waals surface area contributed by atoms with Gasteiger partial charge in [-0.2, -0.15) is 0 Å². The molecule has 0 radical (unpaired) electrons. The first-order valence-corrected chi connectivity index (χ1v) is 14.5. The van der Waals surface area contributed by atoms with Crippen LogP contribution in [-0.2, 0) is 47.6 Å². The average Bonchev–Trinajstić information content (AvgIpc) is 3.28. The Hall–Kier alpha value is -3.84. The van der Waals surface area contributed by atoms with Gasteiger partial charge in [0.15, 0.2) is 0 Å². The molecule has 0 aliphatic carbocycles. The Morgan fingerprint density at radius 1 is 0.756 bits per heavy atom. The maximum atomic E-state index is 12.3. The molecule has 1 rings (SSSR count). The Morgan fingerprint density at radius 3 is 1.67 bits per heavy atom. The normalized spacial score (nSPS) is 15.7. The SMILES string of the molecule is COC(=O)C1=CN(C(=O)OC(C)(C)C)C(C(=O)OC(C)(C)C)C1.COC(=O)CCC(NC(=O)OC(C)(C)C)C(=O)OC(C)(C)C. The minimum atomic E-state index is -0.979. The summed E-state index contributed by atoms with van der Waals surface area (Å²) >= 11 is 0. The second kappa shape index (κ2) is 16.5. The number of hydrogen-bond acceptors (Lipinski definition) is 12. The molecular formula is C31H52N2O12. The molecule has 0 spiro atoms. The molecule has 0 aromatic carbocycles. The smallest absolute Gasteiger partial charge is 0.415 e. The van der Waals surface area contributed by atoms with E-state index in [0.29, 0.717) is 0 Å². The summed E-state index contributed by atoms with van der Waals surface area (Å²) in [5, 5.41) is 2.43. The number of nitrogens with zero attached hydrogens (tertiary/aromatic N) is 1. The summed E-state index contributed by atoms with van der Waals surface area (Å²) in [5.41, 5.74) is -2.60. The van der Waals surface area contributed by atoms with Gasteiger partial charge in [-0.25, -0.2) is 24.0 Å². The molecule has 258 valence electrons. The van der Waals surface area contributed by atoms with Crippen molar-refractivity contribution in [3.05, 3.63) is 11.8 Å². The van der Waals surface area contributed by atoms with Gasteiger partial charge in [-0.15, -0.1) is 0 Å². The fourth-order valence-corrected chi connectivity index (χ4v) is 3.38. The third-order valence-corrected chi connectivity index (χ3v) is 5.02. The molecule has 0 saturated carbocycles. The van der Waals surface area contributed by atoms with Gasteiger partial charge >= 0.3 is 36.1 Å². The van der Waals surface area contributed by atoms with Crippen molar-refractivity contribution < 1.29 is 57.2 Å². The van der Waals surface area contributed by atoms with E-state index < -0.39 is 70.6 Å². The monoisotopic (exact) mass is 644 g/mol. The second-order valence-corrected chi connectivity index (χ2v) is 14.1. The van der Waals surface area contributed by atoms with Gasteiger partial charge in [0.2, 0.25) is 0 Å². The largest absolute Gasteiger partial charge is 0.469 e. The van der Waals surface area contributed by atoms with Crippen molar-refractivity contribution in [3.63, 3.8) is 0 Å². The van der Waals surface area contributed by atoms with Crippen molar-refractivity contribution in [2.75, 3.05) is 14.2 Å². The van der Waals surface area contributed by atoms with Crippen LogP contribution in [0.15, 0.2) is 11.8 Å². The molecule has 2 amide bonds. The van der Waals surface area contributed by atoms with E-state index in [2.05, 4.69) is 14.8 Å². The van der Waals surface area contributed by atoms with Crippen LogP contribution in [-0.4, -0.2) is 89.7 Å². The predicted octanol–water partition coefficient (Wildman–Crippen LogP) is 4.57. The third-order valence-electron chi connectivity index (χ3n) is 5.02. The molecule has 1 aliphatic heterocycles. The highest BCUT2D eigenvalue weighted by atomic mass is 16.6. The number of hydrogen-bond donors (Lipinski definition) is 1. The second-order valence-electron chi connectivity index (χ2n) is 14.1. The number of alkyl carbamates (subject to hydrolysis) is 1. The Labute approximate surface area is 266 Å². The van der Waals surface area contributed by atoms with Crippen LogP contribution in [0, 0.1) is 0 Å². The van der Waals surface area contributed by atoms with Crippen LogP contribution in [0.1, 0.15) is 102 Å². The molecule has 0 aromatic rings. The Balaban J connectivity index is 0.000000862. The van der Waals surface area contributed by atoms with E-state index >= 15 is 0 Å². The van der Waals surface area contributed by atoms with Crippen LogP contribution in [0.4, 0.5) is 9.59 Å². The number of esters is 4. The third kappa shape index (κ3) is 17.9. The van der Waals surface area contributed by atoms with Gasteiger partial charge in [0.05, 0.1) is 19.8 Å². The van der Waals surface area contributed by atoms with Crippen LogP contribution < -0.4 is 5.32 Å². The number of carbonyl (C=O) groups is 6. The number of methoxy groups -OCH3 is 2. The lowest BCUT2D eigenvalue weighted by Gasteiger charge is -2.29. The van der Waals surface area contributed by atoms with E-state index in [1.165, 1.54) is 20.4 Å². The van der Waals surface area contributed by atoms with Crippen molar-refractivity contribution in [2.45, 2.75) is 137 Å². The van der Waals surface area contributed by atoms with E-state index in [1.807, 2.05) is 0 Å². The number of amides is 2. The zero-order valence-electron chi connectivity index (χ0n) is 29.2. The van der Waals surface area contributed by atoms with Crippen molar-refractivity contribution in [3.8, 4) is 0 Å². The molecule has 45 heavy (non-hydrogen) atoms. The van der Waals surface area contributed by atoms with Crippen molar-refractivity contribution >= 4 is 36.1 Å². The Bertz CT molecular complexity index is 1100. The molecule has 1 heterocycles. The van der Waals surface area contributed by atoms with Crippen LogP contribution in [0.3, 0.4) is 0 Å². The maximum absolute atomic E-state index is 12.3. The number of carbonyl (C=O) groups excluding carboxylic acids is 6. The van der Waals surface area contributed by atoms with E-state index in [4.69, 9.17) is 18.9 Å². The van der Waals surface area contributed by atoms with Gasteiger partial charge in [0, 0.05) is 19.0 Å². The standard InChI is InChI=1S/C16H25NO6.C15H27NO6/c1-15(2,3)22-13(19)11-8-10(12(18)21-7)9-17(11)14(20)23-16(4,5)6;1-14(2,3)21-12(18)10(8-9-11(17)20-7)16-13(19)22-15(4,5)6/h9,11H,8H2,1-7H3;10H,8-9H2,1-7H3,(H,16,19). The molecule has 1 aliphatic rings. The molecule has 0 aromatic heterocycles. The van der Waals surface area contributed by atoms with Crippen molar-refractivity contribution in [2.24, 2.45) is 0 Å². The summed E-state index contributed by atoms with van der Waals surface area (Å²) in [7, 11) is 2.49. The van der Waals surface area contributed by atoms with Crippen LogP contribution in [0.5, 0.6) is 0 Å². The highest BCUT2D eigenvalue weighted by Gasteiger charge is 2.41. The van der Waals surface area contributed by atoms with E-state index in [-0.39, 0.29) is 24.8 Å². The minimum Gasteiger partial charge on any atom is -0.469 e. The van der Waals surface area contributed by atoms with E-state index in [1.54, 1.807) is 83.1 Å². The molecule has 2 unspecified atom stereocenters. The molecule has 2 atom stereocenters. The maximum Gasteiger partial charge on any atom is 0.415 e. The molecule has 0 bridgehead atoms. The topological polar surface area (TPSA) is 173 Å². The van der Waals surface area contributed by atoms with E-state index in [0.717, 1.165) is 4.90 Å². The molecule has 0 fully saturated rings. The predicted molar refractivity (Wildman–Crippen MR) is 163 cm³/mol. The summed E-state index contributed by atoms with van der Waals surface area (Å²) < 4.78 is 30.1. The highest BCUT2D eigenvalue weighted by Crippen LogP contribution is 2.27. The van der Waals surface area contributed by atoms with Gasteiger partial charge in [0.1, 0.15) is 34.5 Å². The van der Waals surface area contributed by atoms with Gasteiger partial charge in [-0.05, 0) is 89.5 Å². The van der Waals surface area contributed by atoms with Crippen LogP contribution >= 0.6 is 0 Å². The summed E-state index contributed by atoms with van der Waals surface area (Å²) in [5.74, 6) is -2.29. The summed E-state index contributed by atoms with van der Waals surface area (Å²) in [6.07, 6.45) is -0.0905. The molecule has 14 heteroatoms. The quantitative estimate of drug-likeness (QED) is 0.303.